The van der Waals surface area contributed by atoms with Gasteiger partial charge in [0, 0.05) is 24.2 Å². The summed E-state index contributed by atoms with van der Waals surface area (Å²) in [6.45, 7) is 1.28. The zero-order chi connectivity index (χ0) is 15.4. The van der Waals surface area contributed by atoms with E-state index in [2.05, 4.69) is 5.32 Å². The Hall–Kier alpha value is -2.24. The van der Waals surface area contributed by atoms with E-state index in [-0.39, 0.29) is 6.79 Å². The van der Waals surface area contributed by atoms with Crippen molar-refractivity contribution in [1.29, 1.82) is 0 Å². The Bertz CT molecular complexity index is 644. The van der Waals surface area contributed by atoms with Gasteiger partial charge in [0.05, 0.1) is 13.2 Å². The molecule has 2 aromatic carbocycles. The van der Waals surface area contributed by atoms with Gasteiger partial charge in [-0.2, -0.15) is 0 Å². The van der Waals surface area contributed by atoms with Gasteiger partial charge in [0.1, 0.15) is 5.75 Å². The highest BCUT2D eigenvalue weighted by Crippen LogP contribution is 2.35. The van der Waals surface area contributed by atoms with E-state index in [1.807, 2.05) is 42.5 Å². The standard InChI is InChI=1S/C17H19NO4/c1-20-15-7-3-2-6-13(15)14(19)10-18-9-12-5-4-8-16-17(12)22-11-21-16/h2-8,14,18-19H,9-11H2,1H3/t14-/m0/s1. The van der Waals surface area contributed by atoms with Crippen LogP contribution in [0.15, 0.2) is 42.5 Å². The predicted molar refractivity (Wildman–Crippen MR) is 82.2 cm³/mol. The van der Waals surface area contributed by atoms with Crippen LogP contribution in [-0.4, -0.2) is 25.6 Å². The fourth-order valence-corrected chi connectivity index (χ4v) is 2.53. The molecule has 0 aliphatic carbocycles. The molecule has 116 valence electrons. The molecule has 0 spiro atoms. The highest BCUT2D eigenvalue weighted by Gasteiger charge is 2.17. The summed E-state index contributed by atoms with van der Waals surface area (Å²) in [5.41, 5.74) is 1.79. The zero-order valence-electron chi connectivity index (χ0n) is 12.4. The molecule has 0 fully saturated rings. The molecule has 5 heteroatoms. The van der Waals surface area contributed by atoms with Crippen molar-refractivity contribution in [3.05, 3.63) is 53.6 Å². The van der Waals surface area contributed by atoms with Crippen molar-refractivity contribution in [3.8, 4) is 17.2 Å². The van der Waals surface area contributed by atoms with Crippen LogP contribution in [0.25, 0.3) is 0 Å². The second-order valence-corrected chi connectivity index (χ2v) is 5.04. The van der Waals surface area contributed by atoms with Crippen molar-refractivity contribution >= 4 is 0 Å². The van der Waals surface area contributed by atoms with Crippen LogP contribution in [0.1, 0.15) is 17.2 Å². The summed E-state index contributed by atoms with van der Waals surface area (Å²) < 4.78 is 16.1. The van der Waals surface area contributed by atoms with E-state index in [4.69, 9.17) is 14.2 Å². The summed E-state index contributed by atoms with van der Waals surface area (Å²) in [6, 6.07) is 13.3. The van der Waals surface area contributed by atoms with E-state index < -0.39 is 6.10 Å². The molecular formula is C17H19NO4. The Kier molecular flexibility index (Phi) is 4.46. The molecule has 5 nitrogen and oxygen atoms in total. The molecule has 2 aromatic rings. The highest BCUT2D eigenvalue weighted by atomic mass is 16.7. The number of hydrogen-bond donors (Lipinski definition) is 2. The normalized spacial score (nSPS) is 13.9. The van der Waals surface area contributed by atoms with Gasteiger partial charge >= 0.3 is 0 Å². The number of aliphatic hydroxyl groups is 1. The summed E-state index contributed by atoms with van der Waals surface area (Å²) >= 11 is 0. The van der Waals surface area contributed by atoms with Gasteiger partial charge in [0.2, 0.25) is 6.79 Å². The average molecular weight is 301 g/mol. The third-order valence-corrected chi connectivity index (χ3v) is 3.63. The van der Waals surface area contributed by atoms with Gasteiger partial charge in [-0.05, 0) is 12.1 Å². The molecule has 1 heterocycles. The molecule has 1 atom stereocenters. The maximum absolute atomic E-state index is 10.3. The Balaban J connectivity index is 1.60. The van der Waals surface area contributed by atoms with E-state index >= 15 is 0 Å². The molecule has 22 heavy (non-hydrogen) atoms. The van der Waals surface area contributed by atoms with Crippen LogP contribution in [0.2, 0.25) is 0 Å². The number of benzene rings is 2. The quantitative estimate of drug-likeness (QED) is 0.857. The number of ether oxygens (including phenoxy) is 3. The van der Waals surface area contributed by atoms with E-state index in [0.717, 1.165) is 22.6 Å². The van der Waals surface area contributed by atoms with Crippen molar-refractivity contribution in [2.75, 3.05) is 20.4 Å². The van der Waals surface area contributed by atoms with Crippen LogP contribution in [0.4, 0.5) is 0 Å². The van der Waals surface area contributed by atoms with Crippen LogP contribution in [0, 0.1) is 0 Å². The molecule has 0 bridgehead atoms. The molecule has 1 aliphatic rings. The van der Waals surface area contributed by atoms with Crippen LogP contribution in [0.3, 0.4) is 0 Å². The van der Waals surface area contributed by atoms with Crippen molar-refractivity contribution in [2.45, 2.75) is 12.6 Å². The lowest BCUT2D eigenvalue weighted by atomic mass is 10.1. The lowest BCUT2D eigenvalue weighted by molar-refractivity contribution is 0.168. The number of para-hydroxylation sites is 2. The van der Waals surface area contributed by atoms with Gasteiger partial charge in [-0.15, -0.1) is 0 Å². The van der Waals surface area contributed by atoms with Crippen molar-refractivity contribution in [2.24, 2.45) is 0 Å². The third kappa shape index (κ3) is 3.00. The molecule has 0 saturated carbocycles. The summed E-state index contributed by atoms with van der Waals surface area (Å²) in [4.78, 5) is 0. The number of nitrogens with one attached hydrogen (secondary N) is 1. The van der Waals surface area contributed by atoms with Crippen molar-refractivity contribution in [3.63, 3.8) is 0 Å². The first kappa shape index (κ1) is 14.7. The number of methoxy groups -OCH3 is 1. The molecule has 0 saturated heterocycles. The lowest BCUT2D eigenvalue weighted by Gasteiger charge is -2.15. The Labute approximate surface area is 129 Å². The molecular weight excluding hydrogens is 282 g/mol. The molecule has 2 N–H and O–H groups in total. The van der Waals surface area contributed by atoms with Crippen LogP contribution in [0.5, 0.6) is 17.2 Å². The number of rotatable bonds is 6. The minimum Gasteiger partial charge on any atom is -0.496 e. The molecule has 0 unspecified atom stereocenters. The molecule has 3 rings (SSSR count). The number of fused-ring (bicyclic) bond motifs is 1. The Morgan fingerprint density at radius 1 is 1.18 bits per heavy atom. The zero-order valence-corrected chi connectivity index (χ0v) is 12.4. The summed E-state index contributed by atoms with van der Waals surface area (Å²) in [7, 11) is 1.60. The van der Waals surface area contributed by atoms with Gasteiger partial charge in [-0.1, -0.05) is 30.3 Å². The van der Waals surface area contributed by atoms with Crippen LogP contribution < -0.4 is 19.5 Å². The Morgan fingerprint density at radius 2 is 2.05 bits per heavy atom. The highest BCUT2D eigenvalue weighted by molar-refractivity contribution is 5.48. The predicted octanol–water partition coefficient (Wildman–Crippen LogP) is 2.25. The van der Waals surface area contributed by atoms with Gasteiger partial charge in [0.15, 0.2) is 11.5 Å². The first-order valence-corrected chi connectivity index (χ1v) is 7.19. The topological polar surface area (TPSA) is 60.0 Å². The molecule has 0 aromatic heterocycles. The van der Waals surface area contributed by atoms with E-state index in [1.54, 1.807) is 7.11 Å². The second kappa shape index (κ2) is 6.68. The Morgan fingerprint density at radius 3 is 2.91 bits per heavy atom. The summed E-state index contributed by atoms with van der Waals surface area (Å²) in [5.74, 6) is 2.24. The van der Waals surface area contributed by atoms with Gasteiger partial charge in [0.25, 0.3) is 0 Å². The van der Waals surface area contributed by atoms with E-state index in [9.17, 15) is 5.11 Å². The number of aliphatic hydroxyl groups excluding tert-OH is 1. The largest absolute Gasteiger partial charge is 0.496 e. The fourth-order valence-electron chi connectivity index (χ4n) is 2.53. The van der Waals surface area contributed by atoms with E-state index in [0.29, 0.717) is 18.8 Å². The summed E-state index contributed by atoms with van der Waals surface area (Å²) in [5, 5.41) is 13.5. The second-order valence-electron chi connectivity index (χ2n) is 5.04. The maximum atomic E-state index is 10.3. The number of hydrogen-bond acceptors (Lipinski definition) is 5. The van der Waals surface area contributed by atoms with Crippen LogP contribution >= 0.6 is 0 Å². The van der Waals surface area contributed by atoms with Crippen LogP contribution in [-0.2, 0) is 6.54 Å². The average Bonchev–Trinajstić information content (AvgIpc) is 3.04. The lowest BCUT2D eigenvalue weighted by Crippen LogP contribution is -2.21. The van der Waals surface area contributed by atoms with E-state index in [1.165, 1.54) is 0 Å². The molecule has 0 radical (unpaired) electrons. The minimum absolute atomic E-state index is 0.260. The molecule has 1 aliphatic heterocycles. The van der Waals surface area contributed by atoms with Gasteiger partial charge in [-0.25, -0.2) is 0 Å². The third-order valence-electron chi connectivity index (χ3n) is 3.63. The van der Waals surface area contributed by atoms with Crippen molar-refractivity contribution < 1.29 is 19.3 Å². The SMILES string of the molecule is COc1ccccc1[C@@H](O)CNCc1cccc2c1OCO2. The first-order chi connectivity index (χ1) is 10.8. The smallest absolute Gasteiger partial charge is 0.231 e. The molecule has 0 amide bonds. The maximum Gasteiger partial charge on any atom is 0.231 e. The fraction of sp³-hybridized carbons (Fsp3) is 0.294. The van der Waals surface area contributed by atoms with Gasteiger partial charge in [-0.3, -0.25) is 0 Å². The monoisotopic (exact) mass is 301 g/mol. The first-order valence-electron chi connectivity index (χ1n) is 7.19. The van der Waals surface area contributed by atoms with Crippen molar-refractivity contribution in [1.82, 2.24) is 5.32 Å². The summed E-state index contributed by atoms with van der Waals surface area (Å²) in [6.07, 6.45) is -0.634. The minimum atomic E-state index is -0.634. The van der Waals surface area contributed by atoms with Gasteiger partial charge < -0.3 is 24.6 Å².